The molecule has 13 heavy (non-hydrogen) atoms. The van der Waals surface area contributed by atoms with Gasteiger partial charge in [-0.1, -0.05) is 0 Å². The number of isocyanates is 1. The summed E-state index contributed by atoms with van der Waals surface area (Å²) in [5.41, 5.74) is 0.261. The summed E-state index contributed by atoms with van der Waals surface area (Å²) in [5, 5.41) is 10.3. The first-order chi connectivity index (χ1) is 6.15. The molecule has 1 rings (SSSR count). The van der Waals surface area contributed by atoms with Crippen LogP contribution in [0.1, 0.15) is 0 Å². The molecule has 5 nitrogen and oxygen atoms in total. The standard InChI is InChI=1S/C7H3BrN2O3/c8-6-3-5(10(12)13)1-2-7(6)9-4-11/h1-3H. The highest BCUT2D eigenvalue weighted by Gasteiger charge is 2.07. The molecule has 0 aliphatic carbocycles. The van der Waals surface area contributed by atoms with Crippen LogP contribution >= 0.6 is 15.9 Å². The van der Waals surface area contributed by atoms with E-state index in [4.69, 9.17) is 0 Å². The fourth-order valence-electron chi connectivity index (χ4n) is 0.749. The van der Waals surface area contributed by atoms with Crippen molar-refractivity contribution in [1.82, 2.24) is 0 Å². The summed E-state index contributed by atoms with van der Waals surface area (Å²) in [7, 11) is 0. The molecule has 0 radical (unpaired) electrons. The molecule has 66 valence electrons. The third-order valence-corrected chi connectivity index (χ3v) is 1.94. The highest BCUT2D eigenvalue weighted by Crippen LogP contribution is 2.28. The third kappa shape index (κ3) is 2.21. The van der Waals surface area contributed by atoms with Gasteiger partial charge in [-0.15, -0.1) is 0 Å². The molecule has 0 saturated carbocycles. The van der Waals surface area contributed by atoms with Crippen molar-refractivity contribution in [2.45, 2.75) is 0 Å². The van der Waals surface area contributed by atoms with Gasteiger partial charge in [0.25, 0.3) is 5.69 Å². The molecule has 0 N–H and O–H groups in total. The van der Waals surface area contributed by atoms with Gasteiger partial charge in [-0.3, -0.25) is 10.1 Å². The van der Waals surface area contributed by atoms with Crippen molar-refractivity contribution in [3.8, 4) is 0 Å². The smallest absolute Gasteiger partial charge is 0.258 e. The lowest BCUT2D eigenvalue weighted by Gasteiger charge is -1.95. The number of benzene rings is 1. The van der Waals surface area contributed by atoms with Crippen molar-refractivity contribution >= 4 is 33.4 Å². The largest absolute Gasteiger partial charge is 0.270 e. The third-order valence-electron chi connectivity index (χ3n) is 1.31. The van der Waals surface area contributed by atoms with Gasteiger partial charge in [0.2, 0.25) is 6.08 Å². The van der Waals surface area contributed by atoms with Crippen LogP contribution < -0.4 is 0 Å². The van der Waals surface area contributed by atoms with E-state index >= 15 is 0 Å². The summed E-state index contributed by atoms with van der Waals surface area (Å²) < 4.78 is 0.394. The molecule has 0 heterocycles. The van der Waals surface area contributed by atoms with E-state index in [1.807, 2.05) is 0 Å². The average Bonchev–Trinajstić information content (AvgIpc) is 2.08. The lowest BCUT2D eigenvalue weighted by molar-refractivity contribution is -0.384. The summed E-state index contributed by atoms with van der Waals surface area (Å²) in [6, 6.07) is 3.91. The lowest BCUT2D eigenvalue weighted by atomic mass is 10.3. The number of carbonyl (C=O) groups excluding carboxylic acids is 1. The SMILES string of the molecule is O=C=Nc1ccc([N+](=O)[O-])cc1Br. The van der Waals surface area contributed by atoms with Crippen LogP contribution in [-0.4, -0.2) is 11.0 Å². The van der Waals surface area contributed by atoms with Crippen LogP contribution in [-0.2, 0) is 4.79 Å². The van der Waals surface area contributed by atoms with Crippen molar-refractivity contribution in [1.29, 1.82) is 0 Å². The summed E-state index contributed by atoms with van der Waals surface area (Å²) >= 11 is 3.04. The van der Waals surface area contributed by atoms with Gasteiger partial charge in [0, 0.05) is 12.1 Å². The van der Waals surface area contributed by atoms with Crippen molar-refractivity contribution in [2.75, 3.05) is 0 Å². The summed E-state index contributed by atoms with van der Waals surface area (Å²) in [5.74, 6) is 0. The van der Waals surface area contributed by atoms with Crippen LogP contribution in [0.5, 0.6) is 0 Å². The Balaban J connectivity index is 3.19. The maximum absolute atomic E-state index is 10.3. The van der Waals surface area contributed by atoms with E-state index in [9.17, 15) is 14.9 Å². The molecule has 0 bridgehead atoms. The fourth-order valence-corrected chi connectivity index (χ4v) is 1.20. The molecule has 0 fully saturated rings. The summed E-state index contributed by atoms with van der Waals surface area (Å²) in [4.78, 5) is 23.0. The van der Waals surface area contributed by atoms with Crippen LogP contribution in [0.15, 0.2) is 27.7 Å². The number of hydrogen-bond acceptors (Lipinski definition) is 4. The molecule has 1 aromatic rings. The normalized spacial score (nSPS) is 9.00. The molecule has 6 heteroatoms. The molecule has 0 saturated heterocycles. The zero-order valence-electron chi connectivity index (χ0n) is 6.23. The molecule has 1 aromatic carbocycles. The fraction of sp³-hybridized carbons (Fsp3) is 0. The van der Waals surface area contributed by atoms with Crippen LogP contribution in [0.3, 0.4) is 0 Å². The monoisotopic (exact) mass is 242 g/mol. The van der Waals surface area contributed by atoms with Crippen LogP contribution in [0.25, 0.3) is 0 Å². The molecule has 0 spiro atoms. The minimum absolute atomic E-state index is 0.0586. The first-order valence-electron chi connectivity index (χ1n) is 3.17. The predicted molar refractivity (Wildman–Crippen MR) is 48.6 cm³/mol. The topological polar surface area (TPSA) is 72.6 Å². The van der Waals surface area contributed by atoms with E-state index in [0.29, 0.717) is 10.2 Å². The Morgan fingerprint density at radius 2 is 2.23 bits per heavy atom. The zero-order chi connectivity index (χ0) is 9.84. The van der Waals surface area contributed by atoms with Crippen molar-refractivity contribution < 1.29 is 9.72 Å². The molecular formula is C7H3BrN2O3. The van der Waals surface area contributed by atoms with Crippen molar-refractivity contribution in [3.63, 3.8) is 0 Å². The first-order valence-corrected chi connectivity index (χ1v) is 3.96. The second-order valence-electron chi connectivity index (χ2n) is 2.10. The lowest BCUT2D eigenvalue weighted by Crippen LogP contribution is -1.86. The minimum atomic E-state index is -0.529. The highest BCUT2D eigenvalue weighted by molar-refractivity contribution is 9.10. The maximum Gasteiger partial charge on any atom is 0.270 e. The molecule has 0 aromatic heterocycles. The number of nitro groups is 1. The number of rotatable bonds is 2. The molecule has 0 aliphatic heterocycles. The Morgan fingerprint density at radius 1 is 1.54 bits per heavy atom. The van der Waals surface area contributed by atoms with Crippen LogP contribution in [0, 0.1) is 10.1 Å². The van der Waals surface area contributed by atoms with E-state index in [0.717, 1.165) is 0 Å². The number of hydrogen-bond donors (Lipinski definition) is 0. The Labute approximate surface area is 81.4 Å². The zero-order valence-corrected chi connectivity index (χ0v) is 7.82. The van der Waals surface area contributed by atoms with Gasteiger partial charge in [0.1, 0.15) is 0 Å². The number of nitro benzene ring substituents is 1. The van der Waals surface area contributed by atoms with Crippen molar-refractivity contribution in [2.24, 2.45) is 4.99 Å². The van der Waals surface area contributed by atoms with Gasteiger partial charge in [-0.25, -0.2) is 4.79 Å². The van der Waals surface area contributed by atoms with Gasteiger partial charge in [0.15, 0.2) is 0 Å². The van der Waals surface area contributed by atoms with Crippen molar-refractivity contribution in [3.05, 3.63) is 32.8 Å². The van der Waals surface area contributed by atoms with Crippen LogP contribution in [0.2, 0.25) is 0 Å². The number of aliphatic imine (C=N–C) groups is 1. The predicted octanol–water partition coefficient (Wildman–Crippen LogP) is 2.32. The Kier molecular flexibility index (Phi) is 2.89. The number of non-ortho nitro benzene ring substituents is 1. The van der Waals surface area contributed by atoms with Gasteiger partial charge in [-0.05, 0) is 22.0 Å². The second kappa shape index (κ2) is 3.93. The van der Waals surface area contributed by atoms with E-state index in [2.05, 4.69) is 20.9 Å². The maximum atomic E-state index is 10.3. The molecule has 0 amide bonds. The van der Waals surface area contributed by atoms with E-state index in [-0.39, 0.29) is 5.69 Å². The number of nitrogens with zero attached hydrogens (tertiary/aromatic N) is 2. The highest BCUT2D eigenvalue weighted by atomic mass is 79.9. The van der Waals surface area contributed by atoms with Gasteiger partial charge in [-0.2, -0.15) is 4.99 Å². The second-order valence-corrected chi connectivity index (χ2v) is 2.95. The Morgan fingerprint density at radius 3 is 2.69 bits per heavy atom. The van der Waals surface area contributed by atoms with Gasteiger partial charge >= 0.3 is 0 Å². The van der Waals surface area contributed by atoms with E-state index < -0.39 is 4.92 Å². The Bertz CT molecular complexity index is 399. The molecule has 0 unspecified atom stereocenters. The Hall–Kier alpha value is -1.52. The van der Waals surface area contributed by atoms with Crippen LogP contribution in [0.4, 0.5) is 11.4 Å². The average molecular weight is 243 g/mol. The first kappa shape index (κ1) is 9.57. The van der Waals surface area contributed by atoms with E-state index in [1.165, 1.54) is 24.3 Å². The quantitative estimate of drug-likeness (QED) is 0.346. The van der Waals surface area contributed by atoms with Gasteiger partial charge < -0.3 is 0 Å². The minimum Gasteiger partial charge on any atom is -0.258 e. The summed E-state index contributed by atoms with van der Waals surface area (Å²) in [6.45, 7) is 0. The molecule has 0 aliphatic rings. The molecular weight excluding hydrogens is 240 g/mol. The summed E-state index contributed by atoms with van der Waals surface area (Å²) in [6.07, 6.45) is 1.35. The number of halogens is 1. The van der Waals surface area contributed by atoms with Gasteiger partial charge in [0.05, 0.1) is 15.1 Å². The van der Waals surface area contributed by atoms with E-state index in [1.54, 1.807) is 0 Å². The molecule has 0 atom stereocenters.